The molecule has 0 aliphatic heterocycles. The number of aryl methyl sites for hydroxylation is 1. The lowest BCUT2D eigenvalue weighted by Crippen LogP contribution is -2.21. The first-order chi connectivity index (χ1) is 17.4. The van der Waals surface area contributed by atoms with E-state index in [-0.39, 0.29) is 28.7 Å². The number of fused-ring (bicyclic) bond motifs is 2. The van der Waals surface area contributed by atoms with Gasteiger partial charge < -0.3 is 24.4 Å². The van der Waals surface area contributed by atoms with E-state index in [2.05, 4.69) is 25.3 Å². The summed E-state index contributed by atoms with van der Waals surface area (Å²) in [5, 5.41) is 21.0. The number of anilines is 2. The Morgan fingerprint density at radius 2 is 1.51 bits per heavy atom. The Hall–Kier alpha value is -4.69. The summed E-state index contributed by atoms with van der Waals surface area (Å²) in [6.45, 7) is 1.79. The molecule has 0 bridgehead atoms. The van der Waals surface area contributed by atoms with E-state index in [1.54, 1.807) is 13.0 Å². The van der Waals surface area contributed by atoms with Crippen LogP contribution in [0.5, 0.6) is 23.1 Å². The zero-order valence-electron chi connectivity index (χ0n) is 19.6. The lowest BCUT2D eigenvalue weighted by Gasteiger charge is -2.16. The smallest absolute Gasteiger partial charge is 0.490 e. The molecule has 4 aromatic rings. The molecule has 11 nitrogen and oxygen atoms in total. The van der Waals surface area contributed by atoms with E-state index >= 15 is 0 Å². The average Bonchev–Trinajstić information content (AvgIpc) is 2.83. The summed E-state index contributed by atoms with van der Waals surface area (Å²) in [5.41, 5.74) is 1.08. The van der Waals surface area contributed by atoms with Gasteiger partial charge in [0.1, 0.15) is 16.9 Å². The number of hydrogen-bond acceptors (Lipinski definition) is 10. The van der Waals surface area contributed by atoms with Crippen LogP contribution in [0.1, 0.15) is 5.69 Å². The van der Waals surface area contributed by atoms with Crippen LogP contribution in [0.4, 0.5) is 29.5 Å². The Bertz CT molecular complexity index is 1480. The van der Waals surface area contributed by atoms with E-state index in [1.165, 1.54) is 39.5 Å². The van der Waals surface area contributed by atoms with Crippen molar-refractivity contribution in [2.24, 2.45) is 0 Å². The number of nitrogens with zero attached hydrogens (tertiary/aromatic N) is 4. The van der Waals surface area contributed by atoms with Crippen molar-refractivity contribution in [1.82, 2.24) is 19.9 Å². The van der Waals surface area contributed by atoms with Crippen LogP contribution in [0.25, 0.3) is 21.8 Å². The van der Waals surface area contributed by atoms with Crippen molar-refractivity contribution in [3.05, 3.63) is 35.8 Å². The Balaban J connectivity index is 0.000000479. The summed E-state index contributed by atoms with van der Waals surface area (Å²) in [4.78, 5) is 25.9. The van der Waals surface area contributed by atoms with Gasteiger partial charge in [-0.1, -0.05) is 6.07 Å². The molecule has 0 saturated heterocycles. The molecule has 2 aromatic heterocycles. The summed E-state index contributed by atoms with van der Waals surface area (Å²) in [7, 11) is 4.52. The van der Waals surface area contributed by atoms with Gasteiger partial charge in [-0.15, -0.1) is 0 Å². The normalized spacial score (nSPS) is 11.0. The fourth-order valence-electron chi connectivity index (χ4n) is 3.19. The molecule has 0 radical (unpaired) electrons. The second-order valence-electron chi connectivity index (χ2n) is 7.11. The summed E-state index contributed by atoms with van der Waals surface area (Å²) >= 11 is 0. The fraction of sp³-hybridized carbons (Fsp3) is 0.227. The molecule has 15 heteroatoms. The number of alkyl halides is 3. The average molecular weight is 525 g/mol. The van der Waals surface area contributed by atoms with Crippen LogP contribution in [0, 0.1) is 12.7 Å². The number of rotatable bonds is 5. The van der Waals surface area contributed by atoms with Gasteiger partial charge in [0.15, 0.2) is 11.5 Å². The number of hydrogen-bond donors (Lipinski definition) is 3. The van der Waals surface area contributed by atoms with Gasteiger partial charge >= 0.3 is 12.1 Å². The van der Waals surface area contributed by atoms with Crippen molar-refractivity contribution in [3.63, 3.8) is 0 Å². The van der Waals surface area contributed by atoms with Crippen molar-refractivity contribution in [2.45, 2.75) is 13.1 Å². The van der Waals surface area contributed by atoms with Gasteiger partial charge in [-0.25, -0.2) is 24.1 Å². The second kappa shape index (κ2) is 10.5. The van der Waals surface area contributed by atoms with Crippen molar-refractivity contribution in [2.75, 3.05) is 26.6 Å². The van der Waals surface area contributed by atoms with E-state index in [0.29, 0.717) is 33.8 Å². The zero-order chi connectivity index (χ0) is 27.5. The Kier molecular flexibility index (Phi) is 7.64. The Morgan fingerprint density at radius 1 is 0.919 bits per heavy atom. The molecule has 3 N–H and O–H groups in total. The SMILES string of the molecule is COc1cc2c(C)nc(Nc3nc(O)c4cccc(F)c4n3)nc2c(OC)c1OC.O=C(O)C(F)(F)F. The van der Waals surface area contributed by atoms with Gasteiger partial charge in [0.25, 0.3) is 0 Å². The predicted octanol–water partition coefficient (Wildman–Crippen LogP) is 4.13. The Morgan fingerprint density at radius 3 is 2.08 bits per heavy atom. The van der Waals surface area contributed by atoms with Crippen molar-refractivity contribution in [3.8, 4) is 23.1 Å². The van der Waals surface area contributed by atoms with Gasteiger partial charge in [0, 0.05) is 5.39 Å². The number of carboxylic acid groups (broad SMARTS) is 1. The highest BCUT2D eigenvalue weighted by Gasteiger charge is 2.38. The molecular weight excluding hydrogens is 506 g/mol. The van der Waals surface area contributed by atoms with E-state index in [9.17, 15) is 22.7 Å². The molecular formula is C22H19F4N5O6. The van der Waals surface area contributed by atoms with E-state index in [4.69, 9.17) is 24.1 Å². The van der Waals surface area contributed by atoms with Gasteiger partial charge in [-0.3, -0.25) is 5.32 Å². The number of nitrogens with one attached hydrogen (secondary N) is 1. The van der Waals surface area contributed by atoms with Crippen LogP contribution in [0.2, 0.25) is 0 Å². The molecule has 4 rings (SSSR count). The van der Waals surface area contributed by atoms with Crippen molar-refractivity contribution in [1.29, 1.82) is 0 Å². The number of para-hydroxylation sites is 1. The number of methoxy groups -OCH3 is 3. The van der Waals surface area contributed by atoms with Gasteiger partial charge in [0.2, 0.25) is 23.5 Å². The number of carbonyl (C=O) groups is 1. The Labute approximate surface area is 205 Å². The van der Waals surface area contributed by atoms with E-state index in [1.807, 2.05) is 0 Å². The minimum Gasteiger partial charge on any atom is -0.493 e. The molecule has 0 spiro atoms. The van der Waals surface area contributed by atoms with Crippen LogP contribution in [-0.2, 0) is 4.79 Å². The molecule has 0 amide bonds. The maximum Gasteiger partial charge on any atom is 0.490 e. The molecule has 0 fully saturated rings. The molecule has 2 aromatic carbocycles. The fourth-order valence-corrected chi connectivity index (χ4v) is 3.19. The topological polar surface area (TPSA) is 149 Å². The molecule has 196 valence electrons. The van der Waals surface area contributed by atoms with Crippen LogP contribution in [-0.4, -0.2) is 63.6 Å². The molecule has 0 aliphatic rings. The molecule has 0 aliphatic carbocycles. The van der Waals surface area contributed by atoms with Gasteiger partial charge in [0.05, 0.1) is 32.4 Å². The summed E-state index contributed by atoms with van der Waals surface area (Å²) in [6, 6.07) is 6.00. The molecule has 2 heterocycles. The first-order valence-electron chi connectivity index (χ1n) is 10.1. The van der Waals surface area contributed by atoms with Crippen LogP contribution in [0.3, 0.4) is 0 Å². The van der Waals surface area contributed by atoms with Gasteiger partial charge in [-0.05, 0) is 25.1 Å². The lowest BCUT2D eigenvalue weighted by molar-refractivity contribution is -0.192. The molecule has 0 atom stereocenters. The first kappa shape index (κ1) is 26.9. The highest BCUT2D eigenvalue weighted by molar-refractivity contribution is 5.92. The predicted molar refractivity (Wildman–Crippen MR) is 122 cm³/mol. The number of aliphatic carboxylic acids is 1. The highest BCUT2D eigenvalue weighted by atomic mass is 19.4. The number of benzene rings is 2. The van der Waals surface area contributed by atoms with Crippen molar-refractivity contribution >= 4 is 39.7 Å². The number of aromatic hydroxyl groups is 1. The quantitative estimate of drug-likeness (QED) is 0.323. The largest absolute Gasteiger partial charge is 0.493 e. The maximum absolute atomic E-state index is 14.1. The standard InChI is InChI=1S/C20H18FN5O4.C2HF3O2/c1-9-11-8-13(28-2)16(29-3)17(30-4)15(11)24-19(22-9)26-20-23-14-10(18(27)25-20)6-5-7-12(14)21;3-2(4,5)1(6)7/h5-8H,1-4H3,(H2,22,23,24,25,26,27);(H,6,7). The third-order valence-corrected chi connectivity index (χ3v) is 4.81. The third-order valence-electron chi connectivity index (χ3n) is 4.81. The van der Waals surface area contributed by atoms with Gasteiger partial charge in [-0.2, -0.15) is 18.2 Å². The number of halogens is 4. The van der Waals surface area contributed by atoms with E-state index in [0.717, 1.165) is 0 Å². The van der Waals surface area contributed by atoms with E-state index < -0.39 is 18.0 Å². The lowest BCUT2D eigenvalue weighted by atomic mass is 10.1. The maximum atomic E-state index is 14.1. The first-order valence-corrected chi connectivity index (χ1v) is 10.1. The summed E-state index contributed by atoms with van der Waals surface area (Å²) in [5.74, 6) is -2.37. The summed E-state index contributed by atoms with van der Waals surface area (Å²) in [6.07, 6.45) is -5.08. The number of ether oxygens (including phenoxy) is 3. The molecule has 0 saturated carbocycles. The molecule has 37 heavy (non-hydrogen) atoms. The van der Waals surface area contributed by atoms with Crippen molar-refractivity contribution < 1.29 is 46.8 Å². The van der Waals surface area contributed by atoms with Crippen LogP contribution in [0.15, 0.2) is 24.3 Å². The minimum atomic E-state index is -5.08. The summed E-state index contributed by atoms with van der Waals surface area (Å²) < 4.78 is 62.1. The highest BCUT2D eigenvalue weighted by Crippen LogP contribution is 2.43. The minimum absolute atomic E-state index is 0.0194. The zero-order valence-corrected chi connectivity index (χ0v) is 19.6. The second-order valence-corrected chi connectivity index (χ2v) is 7.11. The molecule has 0 unspecified atom stereocenters. The number of aromatic nitrogens is 4. The van der Waals surface area contributed by atoms with Crippen LogP contribution >= 0.6 is 0 Å². The number of carboxylic acids is 1. The monoisotopic (exact) mass is 525 g/mol. The van der Waals surface area contributed by atoms with Crippen LogP contribution < -0.4 is 19.5 Å². The third kappa shape index (κ3) is 5.60.